The molecule has 0 spiro atoms. The van der Waals surface area contributed by atoms with Gasteiger partial charge in [-0.15, -0.1) is 0 Å². The van der Waals surface area contributed by atoms with E-state index in [-0.39, 0.29) is 12.6 Å². The summed E-state index contributed by atoms with van der Waals surface area (Å²) >= 11 is 3.38. The Kier molecular flexibility index (Phi) is 4.38. The van der Waals surface area contributed by atoms with E-state index in [9.17, 15) is 0 Å². The van der Waals surface area contributed by atoms with Crippen LogP contribution in [0.5, 0.6) is 5.75 Å². The lowest BCUT2D eigenvalue weighted by Gasteiger charge is -2.10. The first-order chi connectivity index (χ1) is 6.65. The SMILES string of the molecule is CC(N)c1ccc(OCCO)c(Br)c1. The molecule has 1 atom stereocenters. The molecule has 0 aliphatic heterocycles. The molecule has 0 heterocycles. The maximum Gasteiger partial charge on any atom is 0.133 e. The number of ether oxygens (including phenoxy) is 1. The van der Waals surface area contributed by atoms with Crippen molar-refractivity contribution in [3.05, 3.63) is 28.2 Å². The lowest BCUT2D eigenvalue weighted by Crippen LogP contribution is -2.06. The molecule has 3 nitrogen and oxygen atoms in total. The number of hydrogen-bond donors (Lipinski definition) is 2. The van der Waals surface area contributed by atoms with Crippen LogP contribution in [0.2, 0.25) is 0 Å². The van der Waals surface area contributed by atoms with Gasteiger partial charge in [-0.3, -0.25) is 0 Å². The number of hydrogen-bond acceptors (Lipinski definition) is 3. The largest absolute Gasteiger partial charge is 0.490 e. The zero-order valence-corrected chi connectivity index (χ0v) is 9.62. The van der Waals surface area contributed by atoms with Crippen LogP contribution in [0.25, 0.3) is 0 Å². The Morgan fingerprint density at radius 2 is 2.29 bits per heavy atom. The van der Waals surface area contributed by atoms with Crippen LogP contribution in [0.4, 0.5) is 0 Å². The quantitative estimate of drug-likeness (QED) is 0.868. The lowest BCUT2D eigenvalue weighted by atomic mass is 10.1. The highest BCUT2D eigenvalue weighted by molar-refractivity contribution is 9.10. The summed E-state index contributed by atoms with van der Waals surface area (Å²) in [5, 5.41) is 8.60. The fourth-order valence-electron chi connectivity index (χ4n) is 1.07. The second kappa shape index (κ2) is 5.34. The molecule has 1 aromatic carbocycles. The molecule has 0 saturated heterocycles. The molecule has 0 aromatic heterocycles. The van der Waals surface area contributed by atoms with Gasteiger partial charge in [-0.25, -0.2) is 0 Å². The Labute approximate surface area is 92.0 Å². The Morgan fingerprint density at radius 3 is 2.79 bits per heavy atom. The minimum absolute atomic E-state index is 0.0122. The van der Waals surface area contributed by atoms with Gasteiger partial charge in [0.25, 0.3) is 0 Å². The molecule has 0 amide bonds. The van der Waals surface area contributed by atoms with Crippen LogP contribution in [-0.2, 0) is 0 Å². The fourth-order valence-corrected chi connectivity index (χ4v) is 1.58. The number of aliphatic hydroxyl groups is 1. The average molecular weight is 260 g/mol. The van der Waals surface area contributed by atoms with Crippen molar-refractivity contribution in [1.82, 2.24) is 0 Å². The van der Waals surface area contributed by atoms with Crippen LogP contribution in [-0.4, -0.2) is 18.3 Å². The standard InChI is InChI=1S/C10H14BrNO2/c1-7(12)8-2-3-10(9(11)6-8)14-5-4-13/h2-3,6-7,13H,4-5,12H2,1H3. The summed E-state index contributed by atoms with van der Waals surface area (Å²) in [6, 6.07) is 5.70. The van der Waals surface area contributed by atoms with Gasteiger partial charge in [0.15, 0.2) is 0 Å². The maximum atomic E-state index is 8.60. The van der Waals surface area contributed by atoms with E-state index in [1.807, 2.05) is 25.1 Å². The third kappa shape index (κ3) is 2.97. The van der Waals surface area contributed by atoms with Crippen molar-refractivity contribution in [3.8, 4) is 5.75 Å². The first-order valence-corrected chi connectivity index (χ1v) is 5.23. The summed E-state index contributed by atoms with van der Waals surface area (Å²) in [4.78, 5) is 0. The molecule has 0 radical (unpaired) electrons. The molecule has 1 aromatic rings. The first-order valence-electron chi connectivity index (χ1n) is 4.44. The van der Waals surface area contributed by atoms with Crippen molar-refractivity contribution in [1.29, 1.82) is 0 Å². The molecule has 0 aliphatic rings. The van der Waals surface area contributed by atoms with Gasteiger partial charge >= 0.3 is 0 Å². The van der Waals surface area contributed by atoms with Crippen molar-refractivity contribution in [2.24, 2.45) is 5.73 Å². The van der Waals surface area contributed by atoms with Gasteiger partial charge in [0.2, 0.25) is 0 Å². The van der Waals surface area contributed by atoms with Crippen LogP contribution < -0.4 is 10.5 Å². The summed E-state index contributed by atoms with van der Waals surface area (Å²) in [6.45, 7) is 2.24. The fraction of sp³-hybridized carbons (Fsp3) is 0.400. The molecular formula is C10H14BrNO2. The van der Waals surface area contributed by atoms with Gasteiger partial charge in [-0.05, 0) is 40.5 Å². The number of halogens is 1. The summed E-state index contributed by atoms with van der Waals surface area (Å²) in [7, 11) is 0. The van der Waals surface area contributed by atoms with E-state index in [4.69, 9.17) is 15.6 Å². The number of benzene rings is 1. The molecule has 1 rings (SSSR count). The minimum Gasteiger partial charge on any atom is -0.490 e. The van der Waals surface area contributed by atoms with E-state index < -0.39 is 0 Å². The summed E-state index contributed by atoms with van der Waals surface area (Å²) in [5.74, 6) is 0.725. The third-order valence-corrected chi connectivity index (χ3v) is 2.45. The monoisotopic (exact) mass is 259 g/mol. The van der Waals surface area contributed by atoms with Crippen molar-refractivity contribution < 1.29 is 9.84 Å². The Balaban J connectivity index is 2.79. The van der Waals surface area contributed by atoms with Crippen LogP contribution in [0.3, 0.4) is 0 Å². The maximum absolute atomic E-state index is 8.60. The van der Waals surface area contributed by atoms with E-state index in [1.54, 1.807) is 0 Å². The van der Waals surface area contributed by atoms with Gasteiger partial charge in [-0.2, -0.15) is 0 Å². The summed E-state index contributed by atoms with van der Waals surface area (Å²) in [5.41, 5.74) is 6.78. The second-order valence-corrected chi connectivity index (χ2v) is 3.90. The Morgan fingerprint density at radius 1 is 1.57 bits per heavy atom. The minimum atomic E-state index is 0.0122. The van der Waals surface area contributed by atoms with E-state index in [0.29, 0.717) is 6.61 Å². The van der Waals surface area contributed by atoms with E-state index in [0.717, 1.165) is 15.8 Å². The van der Waals surface area contributed by atoms with Crippen molar-refractivity contribution in [3.63, 3.8) is 0 Å². The molecular weight excluding hydrogens is 246 g/mol. The average Bonchev–Trinajstić information content (AvgIpc) is 2.15. The van der Waals surface area contributed by atoms with Gasteiger partial charge in [0.1, 0.15) is 12.4 Å². The van der Waals surface area contributed by atoms with Gasteiger partial charge in [-0.1, -0.05) is 6.07 Å². The molecule has 14 heavy (non-hydrogen) atoms. The third-order valence-electron chi connectivity index (χ3n) is 1.83. The molecule has 1 unspecified atom stereocenters. The summed E-state index contributed by atoms with van der Waals surface area (Å²) < 4.78 is 6.14. The van der Waals surface area contributed by atoms with Gasteiger partial charge < -0.3 is 15.6 Å². The predicted molar refractivity (Wildman–Crippen MR) is 59.3 cm³/mol. The zero-order valence-electron chi connectivity index (χ0n) is 8.03. The molecule has 4 heteroatoms. The molecule has 0 aliphatic carbocycles. The van der Waals surface area contributed by atoms with E-state index in [1.165, 1.54) is 0 Å². The van der Waals surface area contributed by atoms with Gasteiger partial charge in [0, 0.05) is 6.04 Å². The van der Waals surface area contributed by atoms with Crippen LogP contribution >= 0.6 is 15.9 Å². The second-order valence-electron chi connectivity index (χ2n) is 3.05. The van der Waals surface area contributed by atoms with Gasteiger partial charge in [0.05, 0.1) is 11.1 Å². The Bertz CT molecular complexity index is 302. The molecule has 3 N–H and O–H groups in total. The number of nitrogens with two attached hydrogens (primary N) is 1. The number of aliphatic hydroxyl groups excluding tert-OH is 1. The van der Waals surface area contributed by atoms with Crippen molar-refractivity contribution >= 4 is 15.9 Å². The molecule has 78 valence electrons. The Hall–Kier alpha value is -0.580. The number of rotatable bonds is 4. The highest BCUT2D eigenvalue weighted by Gasteiger charge is 2.04. The van der Waals surface area contributed by atoms with Crippen molar-refractivity contribution in [2.45, 2.75) is 13.0 Å². The first kappa shape index (κ1) is 11.5. The topological polar surface area (TPSA) is 55.5 Å². The smallest absolute Gasteiger partial charge is 0.133 e. The summed E-state index contributed by atoms with van der Waals surface area (Å²) in [6.07, 6.45) is 0. The predicted octanol–water partition coefficient (Wildman–Crippen LogP) is 1.84. The van der Waals surface area contributed by atoms with Crippen LogP contribution in [0.15, 0.2) is 22.7 Å². The zero-order chi connectivity index (χ0) is 10.6. The van der Waals surface area contributed by atoms with Crippen LogP contribution in [0, 0.1) is 0 Å². The lowest BCUT2D eigenvalue weighted by molar-refractivity contribution is 0.200. The van der Waals surface area contributed by atoms with Crippen molar-refractivity contribution in [2.75, 3.05) is 13.2 Å². The molecule has 0 bridgehead atoms. The highest BCUT2D eigenvalue weighted by atomic mass is 79.9. The van der Waals surface area contributed by atoms with E-state index >= 15 is 0 Å². The highest BCUT2D eigenvalue weighted by Crippen LogP contribution is 2.27. The molecule has 0 saturated carbocycles. The normalized spacial score (nSPS) is 12.6. The van der Waals surface area contributed by atoms with Crippen LogP contribution in [0.1, 0.15) is 18.5 Å². The molecule has 0 fully saturated rings. The van der Waals surface area contributed by atoms with E-state index in [2.05, 4.69) is 15.9 Å².